The van der Waals surface area contributed by atoms with Gasteiger partial charge in [0.25, 0.3) is 0 Å². The fourth-order valence-electron chi connectivity index (χ4n) is 5.11. The van der Waals surface area contributed by atoms with E-state index in [4.69, 9.17) is 9.16 Å². The predicted molar refractivity (Wildman–Crippen MR) is 132 cm³/mol. The van der Waals surface area contributed by atoms with E-state index >= 15 is 0 Å². The van der Waals surface area contributed by atoms with Crippen LogP contribution >= 0.6 is 0 Å². The van der Waals surface area contributed by atoms with Crippen LogP contribution in [0.1, 0.15) is 58.4 Å². The molecule has 0 saturated heterocycles. The SMILES string of the molecule is C=CC[C@H](C1CCC([C@H](O[SiH](C)C)C(C)(C)C)CC1)N(Cc1ccccc1)C(=O)OC. The number of hydrogen-bond acceptors (Lipinski definition) is 3. The lowest BCUT2D eigenvalue weighted by atomic mass is 9.70. The summed E-state index contributed by atoms with van der Waals surface area (Å²) in [5, 5.41) is 0. The molecular formula is C26H43NO3Si. The van der Waals surface area contributed by atoms with Gasteiger partial charge in [-0.2, -0.15) is 0 Å². The summed E-state index contributed by atoms with van der Waals surface area (Å²) < 4.78 is 11.7. The average molecular weight is 446 g/mol. The maximum Gasteiger partial charge on any atom is 0.410 e. The molecule has 174 valence electrons. The zero-order valence-electron chi connectivity index (χ0n) is 20.5. The number of amides is 1. The Hall–Kier alpha value is -1.59. The van der Waals surface area contributed by atoms with Gasteiger partial charge in [0, 0.05) is 12.6 Å². The zero-order chi connectivity index (χ0) is 23.0. The summed E-state index contributed by atoms with van der Waals surface area (Å²) >= 11 is 0. The van der Waals surface area contributed by atoms with Gasteiger partial charge in [0.15, 0.2) is 9.04 Å². The lowest BCUT2D eigenvalue weighted by Gasteiger charge is -2.44. The Balaban J connectivity index is 2.15. The number of methoxy groups -OCH3 is 1. The third-order valence-corrected chi connectivity index (χ3v) is 7.31. The first kappa shape index (κ1) is 25.7. The molecule has 2 rings (SSSR count). The highest BCUT2D eigenvalue weighted by molar-refractivity contribution is 6.48. The topological polar surface area (TPSA) is 38.8 Å². The molecule has 0 aromatic heterocycles. The van der Waals surface area contributed by atoms with Crippen LogP contribution in [0.5, 0.6) is 0 Å². The van der Waals surface area contributed by atoms with Gasteiger partial charge in [-0.3, -0.25) is 0 Å². The van der Waals surface area contributed by atoms with Crippen molar-refractivity contribution < 1.29 is 14.0 Å². The molecule has 0 unspecified atom stereocenters. The monoisotopic (exact) mass is 445 g/mol. The van der Waals surface area contributed by atoms with E-state index in [1.165, 1.54) is 7.11 Å². The Kier molecular flexibility index (Phi) is 9.82. The van der Waals surface area contributed by atoms with E-state index in [0.717, 1.165) is 37.7 Å². The molecule has 1 aromatic carbocycles. The van der Waals surface area contributed by atoms with Crippen molar-refractivity contribution in [1.29, 1.82) is 0 Å². The molecule has 0 bridgehead atoms. The molecule has 0 heterocycles. The van der Waals surface area contributed by atoms with Crippen LogP contribution in [0.4, 0.5) is 4.79 Å². The second-order valence-electron chi connectivity index (χ2n) is 10.3. The molecule has 0 spiro atoms. The van der Waals surface area contributed by atoms with Crippen molar-refractivity contribution in [3.05, 3.63) is 48.6 Å². The van der Waals surface area contributed by atoms with E-state index in [2.05, 4.69) is 52.6 Å². The average Bonchev–Trinajstić information content (AvgIpc) is 2.74. The summed E-state index contributed by atoms with van der Waals surface area (Å²) in [5.74, 6) is 1.05. The number of rotatable bonds is 9. The van der Waals surface area contributed by atoms with Crippen LogP contribution in [0.3, 0.4) is 0 Å². The van der Waals surface area contributed by atoms with Crippen molar-refractivity contribution in [2.24, 2.45) is 17.3 Å². The molecule has 1 amide bonds. The standard InChI is InChI=1S/C26H43NO3Si/c1-8-12-23(27(25(28)29-5)19-20-13-10-9-11-14-20)21-15-17-22(18-16-21)24(26(2,3)4)30-31(6)7/h8-11,13-14,21-24,31H,1,12,15-19H2,2-7H3/t21?,22?,23-,24+/m1/s1. The normalized spacial score (nSPS) is 21.4. The van der Waals surface area contributed by atoms with Gasteiger partial charge in [0.1, 0.15) is 0 Å². The molecule has 4 nitrogen and oxygen atoms in total. The van der Waals surface area contributed by atoms with Crippen molar-refractivity contribution >= 4 is 15.1 Å². The third-order valence-electron chi connectivity index (χ3n) is 6.47. The van der Waals surface area contributed by atoms with Gasteiger partial charge in [-0.05, 0) is 68.0 Å². The van der Waals surface area contributed by atoms with Gasteiger partial charge in [-0.1, -0.05) is 57.2 Å². The van der Waals surface area contributed by atoms with E-state index in [1.54, 1.807) is 0 Å². The highest BCUT2D eigenvalue weighted by Gasteiger charge is 2.39. The van der Waals surface area contributed by atoms with Crippen LogP contribution < -0.4 is 0 Å². The highest BCUT2D eigenvalue weighted by Crippen LogP contribution is 2.41. The first-order valence-electron chi connectivity index (χ1n) is 11.8. The number of benzene rings is 1. The molecule has 1 aromatic rings. The molecular weight excluding hydrogens is 402 g/mol. The van der Waals surface area contributed by atoms with E-state index in [0.29, 0.717) is 24.5 Å². The Bertz CT molecular complexity index is 678. The first-order chi connectivity index (χ1) is 14.7. The molecule has 2 atom stereocenters. The molecule has 0 N–H and O–H groups in total. The Labute approximate surface area is 191 Å². The maximum absolute atomic E-state index is 12.8. The van der Waals surface area contributed by atoms with E-state index < -0.39 is 9.04 Å². The van der Waals surface area contributed by atoms with Gasteiger partial charge in [0.05, 0.1) is 13.2 Å². The Morgan fingerprint density at radius 2 is 1.74 bits per heavy atom. The molecule has 31 heavy (non-hydrogen) atoms. The second-order valence-corrected chi connectivity index (χ2v) is 12.7. The molecule has 1 saturated carbocycles. The highest BCUT2D eigenvalue weighted by atomic mass is 28.3. The van der Waals surface area contributed by atoms with Crippen molar-refractivity contribution in [3.8, 4) is 0 Å². The lowest BCUT2D eigenvalue weighted by Crippen LogP contribution is -2.46. The van der Waals surface area contributed by atoms with E-state index in [9.17, 15) is 4.79 Å². The predicted octanol–water partition coefficient (Wildman–Crippen LogP) is 6.42. The minimum atomic E-state index is -1.10. The van der Waals surface area contributed by atoms with Crippen molar-refractivity contribution in [2.45, 2.75) is 84.7 Å². The lowest BCUT2D eigenvalue weighted by molar-refractivity contribution is 0.00140. The fourth-order valence-corrected chi connectivity index (χ4v) is 6.32. The molecule has 1 aliphatic carbocycles. The van der Waals surface area contributed by atoms with Crippen molar-refractivity contribution in [1.82, 2.24) is 4.90 Å². The number of nitrogens with zero attached hydrogens (tertiary/aromatic N) is 1. The summed E-state index contributed by atoms with van der Waals surface area (Å²) in [7, 11) is 0.373. The van der Waals surface area contributed by atoms with Gasteiger partial charge in [-0.25, -0.2) is 4.79 Å². The zero-order valence-corrected chi connectivity index (χ0v) is 21.6. The molecule has 1 fully saturated rings. The summed E-state index contributed by atoms with van der Waals surface area (Å²) in [6.07, 6.45) is 7.34. The van der Waals surface area contributed by atoms with Crippen LogP contribution in [0.25, 0.3) is 0 Å². The van der Waals surface area contributed by atoms with Gasteiger partial charge >= 0.3 is 6.09 Å². The quantitative estimate of drug-likeness (QED) is 0.325. The van der Waals surface area contributed by atoms with Gasteiger partial charge < -0.3 is 14.1 Å². The van der Waals surface area contributed by atoms with Crippen molar-refractivity contribution in [3.63, 3.8) is 0 Å². The maximum atomic E-state index is 12.8. The summed E-state index contributed by atoms with van der Waals surface area (Å²) in [4.78, 5) is 14.7. The molecule has 1 aliphatic rings. The third kappa shape index (κ3) is 7.50. The smallest absolute Gasteiger partial charge is 0.410 e. The van der Waals surface area contributed by atoms with Crippen LogP contribution in [-0.4, -0.2) is 39.3 Å². The number of carbonyl (C=O) groups is 1. The first-order valence-corrected chi connectivity index (χ1v) is 14.6. The fraction of sp³-hybridized carbons (Fsp3) is 0.654. The number of carbonyl (C=O) groups excluding carboxylic acids is 1. The summed E-state index contributed by atoms with van der Waals surface area (Å²) in [5.41, 5.74) is 1.28. The van der Waals surface area contributed by atoms with Crippen LogP contribution in [0.2, 0.25) is 13.1 Å². The molecule has 0 aliphatic heterocycles. The van der Waals surface area contributed by atoms with Crippen LogP contribution in [0.15, 0.2) is 43.0 Å². The summed E-state index contributed by atoms with van der Waals surface area (Å²) in [6.45, 7) is 16.0. The Morgan fingerprint density at radius 1 is 1.16 bits per heavy atom. The van der Waals surface area contributed by atoms with Crippen LogP contribution in [-0.2, 0) is 15.7 Å². The van der Waals surface area contributed by atoms with Crippen LogP contribution in [0, 0.1) is 17.3 Å². The minimum absolute atomic E-state index is 0.111. The van der Waals surface area contributed by atoms with E-state index in [1.807, 2.05) is 29.2 Å². The Morgan fingerprint density at radius 3 is 2.23 bits per heavy atom. The minimum Gasteiger partial charge on any atom is -0.453 e. The number of hydrogen-bond donors (Lipinski definition) is 0. The van der Waals surface area contributed by atoms with Crippen molar-refractivity contribution in [2.75, 3.05) is 7.11 Å². The largest absolute Gasteiger partial charge is 0.453 e. The number of ether oxygens (including phenoxy) is 1. The molecule has 0 radical (unpaired) electrons. The van der Waals surface area contributed by atoms with Gasteiger partial charge in [-0.15, -0.1) is 6.58 Å². The van der Waals surface area contributed by atoms with E-state index in [-0.39, 0.29) is 17.6 Å². The van der Waals surface area contributed by atoms with Gasteiger partial charge in [0.2, 0.25) is 0 Å². The molecule has 5 heteroatoms. The second kappa shape index (κ2) is 11.9. The summed E-state index contributed by atoms with van der Waals surface area (Å²) in [6, 6.07) is 10.3.